The number of ketones is 1. The standard InChI is InChI=1S/C26H24F4N4O5S/c1-14(33-40(37,38)24-11-15-10-17(27)5-9-23(15)39-24)21(35)8-6-18-13-20(32-25(31-18)34(2)3)19-7-4-16(12-22(19)36)26(28,29)30/h4-5,7,9-14,33,36H,6,8H2,1-3H3/t14-/m0/s1. The molecule has 0 saturated heterocycles. The molecule has 9 nitrogen and oxygen atoms in total. The predicted octanol–water partition coefficient (Wildman–Crippen LogP) is 4.69. The second kappa shape index (κ2) is 10.8. The molecule has 0 radical (unpaired) electrons. The first-order chi connectivity index (χ1) is 18.6. The number of sulfonamides is 1. The Morgan fingerprint density at radius 1 is 1.10 bits per heavy atom. The summed E-state index contributed by atoms with van der Waals surface area (Å²) in [4.78, 5) is 23.0. The van der Waals surface area contributed by atoms with Crippen LogP contribution in [0.4, 0.5) is 23.5 Å². The van der Waals surface area contributed by atoms with Crippen molar-refractivity contribution in [3.63, 3.8) is 0 Å². The number of anilines is 1. The number of aromatic hydroxyl groups is 1. The summed E-state index contributed by atoms with van der Waals surface area (Å²) >= 11 is 0. The van der Waals surface area contributed by atoms with E-state index in [0.29, 0.717) is 11.8 Å². The van der Waals surface area contributed by atoms with Gasteiger partial charge >= 0.3 is 6.18 Å². The number of phenolic OH excluding ortho intramolecular Hbond substituents is 1. The van der Waals surface area contributed by atoms with Crippen molar-refractivity contribution in [2.24, 2.45) is 0 Å². The number of fused-ring (bicyclic) bond motifs is 1. The van der Waals surface area contributed by atoms with E-state index in [4.69, 9.17) is 4.42 Å². The number of hydrogen-bond donors (Lipinski definition) is 2. The Hall–Kier alpha value is -4.04. The first kappa shape index (κ1) is 29.0. The van der Waals surface area contributed by atoms with Gasteiger partial charge in [0.25, 0.3) is 10.0 Å². The number of benzene rings is 2. The van der Waals surface area contributed by atoms with Gasteiger partial charge < -0.3 is 14.4 Å². The molecular weight excluding hydrogens is 556 g/mol. The molecule has 1 atom stereocenters. The summed E-state index contributed by atoms with van der Waals surface area (Å²) in [5.41, 5.74) is -0.333. The summed E-state index contributed by atoms with van der Waals surface area (Å²) in [5.74, 6) is -1.48. The van der Waals surface area contributed by atoms with Crippen LogP contribution in [0.1, 0.15) is 24.6 Å². The quantitative estimate of drug-likeness (QED) is 0.273. The van der Waals surface area contributed by atoms with E-state index in [1.54, 1.807) is 19.0 Å². The van der Waals surface area contributed by atoms with Crippen LogP contribution >= 0.6 is 0 Å². The van der Waals surface area contributed by atoms with E-state index >= 15 is 0 Å². The average molecular weight is 581 g/mol. The topological polar surface area (TPSA) is 126 Å². The lowest BCUT2D eigenvalue weighted by Crippen LogP contribution is -2.38. The summed E-state index contributed by atoms with van der Waals surface area (Å²) < 4.78 is 85.5. The highest BCUT2D eigenvalue weighted by Crippen LogP contribution is 2.36. The molecule has 2 aromatic carbocycles. The Balaban J connectivity index is 1.50. The monoisotopic (exact) mass is 580 g/mol. The minimum atomic E-state index is -4.64. The Morgan fingerprint density at radius 2 is 1.82 bits per heavy atom. The molecule has 0 amide bonds. The summed E-state index contributed by atoms with van der Waals surface area (Å²) in [7, 11) is -0.956. The normalized spacial score (nSPS) is 13.0. The maximum Gasteiger partial charge on any atom is 0.416 e. The van der Waals surface area contributed by atoms with Crippen LogP contribution in [0, 0.1) is 5.82 Å². The van der Waals surface area contributed by atoms with Crippen molar-refractivity contribution in [2.75, 3.05) is 19.0 Å². The Bertz CT molecular complexity index is 1690. The molecule has 0 bridgehead atoms. The fourth-order valence-electron chi connectivity index (χ4n) is 3.82. The van der Waals surface area contributed by atoms with Crippen molar-refractivity contribution in [1.29, 1.82) is 0 Å². The molecule has 0 spiro atoms. The van der Waals surface area contributed by atoms with Crippen molar-refractivity contribution in [2.45, 2.75) is 37.1 Å². The van der Waals surface area contributed by atoms with Crippen molar-refractivity contribution in [3.05, 3.63) is 65.6 Å². The van der Waals surface area contributed by atoms with Crippen molar-refractivity contribution in [1.82, 2.24) is 14.7 Å². The third-order valence-corrected chi connectivity index (χ3v) is 7.33. The number of carbonyl (C=O) groups excluding carboxylic acids is 1. The van der Waals surface area contributed by atoms with Crippen LogP contribution in [0.5, 0.6) is 5.75 Å². The zero-order chi connectivity index (χ0) is 29.4. The molecule has 0 saturated carbocycles. The Labute approximate surface area is 226 Å². The number of phenols is 1. The molecule has 4 rings (SSSR count). The highest BCUT2D eigenvalue weighted by Gasteiger charge is 2.31. The van der Waals surface area contributed by atoms with Gasteiger partial charge in [-0.15, -0.1) is 0 Å². The van der Waals surface area contributed by atoms with E-state index < -0.39 is 50.2 Å². The number of aryl methyl sites for hydroxylation is 1. The Kier molecular flexibility index (Phi) is 7.85. The van der Waals surface area contributed by atoms with E-state index in [-0.39, 0.29) is 41.0 Å². The van der Waals surface area contributed by atoms with Crippen molar-refractivity contribution >= 4 is 32.7 Å². The highest BCUT2D eigenvalue weighted by atomic mass is 32.2. The number of aromatic nitrogens is 2. The van der Waals surface area contributed by atoms with Gasteiger partial charge in [0.2, 0.25) is 11.0 Å². The van der Waals surface area contributed by atoms with Gasteiger partial charge in [0.05, 0.1) is 17.3 Å². The SMILES string of the molecule is C[C@H](NS(=O)(=O)c1cc2cc(F)ccc2o1)C(=O)CCc1cc(-c2ccc(C(F)(F)F)cc2O)nc(N(C)C)n1. The lowest BCUT2D eigenvalue weighted by molar-refractivity contribution is -0.137. The second-order valence-electron chi connectivity index (χ2n) is 9.23. The minimum Gasteiger partial charge on any atom is -0.507 e. The average Bonchev–Trinajstić information content (AvgIpc) is 3.30. The van der Waals surface area contributed by atoms with Gasteiger partial charge in [0.15, 0.2) is 5.78 Å². The lowest BCUT2D eigenvalue weighted by atomic mass is 10.0. The van der Waals surface area contributed by atoms with Crippen LogP contribution < -0.4 is 9.62 Å². The van der Waals surface area contributed by atoms with Crippen molar-refractivity contribution in [3.8, 4) is 17.0 Å². The second-order valence-corrected chi connectivity index (χ2v) is 10.9. The van der Waals surface area contributed by atoms with Crippen LogP contribution in [0.2, 0.25) is 0 Å². The molecule has 212 valence electrons. The highest BCUT2D eigenvalue weighted by molar-refractivity contribution is 7.89. The maximum absolute atomic E-state index is 13.4. The number of rotatable bonds is 9. The van der Waals surface area contributed by atoms with E-state index in [0.717, 1.165) is 30.3 Å². The number of furan rings is 1. The zero-order valence-corrected chi connectivity index (χ0v) is 22.3. The molecule has 0 fully saturated rings. The summed E-state index contributed by atoms with van der Waals surface area (Å²) in [6, 6.07) is 7.49. The van der Waals surface area contributed by atoms with Gasteiger partial charge in [-0.3, -0.25) is 4.79 Å². The first-order valence-corrected chi connectivity index (χ1v) is 13.3. The molecule has 0 aliphatic rings. The van der Waals surface area contributed by atoms with Gasteiger partial charge in [0, 0.05) is 43.2 Å². The van der Waals surface area contributed by atoms with Crippen LogP contribution in [-0.2, 0) is 27.4 Å². The van der Waals surface area contributed by atoms with Crippen LogP contribution in [-0.4, -0.2) is 49.4 Å². The molecule has 0 unspecified atom stereocenters. The predicted molar refractivity (Wildman–Crippen MR) is 138 cm³/mol. The first-order valence-electron chi connectivity index (χ1n) is 11.8. The van der Waals surface area contributed by atoms with Gasteiger partial charge in [0.1, 0.15) is 17.1 Å². The number of alkyl halides is 3. The maximum atomic E-state index is 13.4. The van der Waals surface area contributed by atoms with Crippen LogP contribution in [0.15, 0.2) is 58.0 Å². The van der Waals surface area contributed by atoms with Crippen LogP contribution in [0.25, 0.3) is 22.2 Å². The number of nitrogens with one attached hydrogen (secondary N) is 1. The lowest BCUT2D eigenvalue weighted by Gasteiger charge is -2.16. The van der Waals surface area contributed by atoms with E-state index in [2.05, 4.69) is 14.7 Å². The molecule has 4 aromatic rings. The fourth-order valence-corrected chi connectivity index (χ4v) is 5.02. The molecule has 2 N–H and O–H groups in total. The molecule has 2 heterocycles. The third kappa shape index (κ3) is 6.39. The van der Waals surface area contributed by atoms with Gasteiger partial charge in [-0.05, 0) is 55.8 Å². The zero-order valence-electron chi connectivity index (χ0n) is 21.5. The number of Topliss-reactive ketones (excluding diaryl/α,β-unsaturated/α-hetero) is 1. The van der Waals surface area contributed by atoms with Gasteiger partial charge in [-0.1, -0.05) is 0 Å². The van der Waals surface area contributed by atoms with E-state index in [1.807, 2.05) is 0 Å². The number of nitrogens with zero attached hydrogens (tertiary/aromatic N) is 3. The van der Waals surface area contributed by atoms with Crippen LogP contribution in [0.3, 0.4) is 0 Å². The fraction of sp³-hybridized carbons (Fsp3) is 0.269. The molecule has 0 aliphatic heterocycles. The summed E-state index contributed by atoms with van der Waals surface area (Å²) in [5, 5.41) is 10.0. The Morgan fingerprint density at radius 3 is 2.48 bits per heavy atom. The van der Waals surface area contributed by atoms with Crippen molar-refractivity contribution < 1.29 is 40.3 Å². The largest absolute Gasteiger partial charge is 0.507 e. The smallest absolute Gasteiger partial charge is 0.416 e. The number of hydrogen-bond acceptors (Lipinski definition) is 8. The molecule has 14 heteroatoms. The third-order valence-electron chi connectivity index (χ3n) is 5.93. The molecular formula is C26H24F4N4O5S. The summed E-state index contributed by atoms with van der Waals surface area (Å²) in [6.45, 7) is 1.36. The van der Waals surface area contributed by atoms with Gasteiger partial charge in [-0.2, -0.15) is 17.9 Å². The number of carbonyl (C=O) groups is 1. The number of halogens is 4. The van der Waals surface area contributed by atoms with E-state index in [1.165, 1.54) is 19.1 Å². The van der Waals surface area contributed by atoms with Gasteiger partial charge in [-0.25, -0.2) is 22.8 Å². The molecule has 40 heavy (non-hydrogen) atoms. The minimum absolute atomic E-state index is 0.0397. The van der Waals surface area contributed by atoms with E-state index in [9.17, 15) is 35.9 Å². The summed E-state index contributed by atoms with van der Waals surface area (Å²) in [6.07, 6.45) is -4.73. The molecule has 0 aliphatic carbocycles. The molecule has 2 aromatic heterocycles.